The first-order chi connectivity index (χ1) is 26.6. The molecule has 0 bridgehead atoms. The lowest BCUT2D eigenvalue weighted by Crippen LogP contribution is -2.31. The van der Waals surface area contributed by atoms with E-state index in [1.54, 1.807) is 0 Å². The van der Waals surface area contributed by atoms with Gasteiger partial charge in [-0.3, -0.25) is 0 Å². The van der Waals surface area contributed by atoms with Crippen LogP contribution < -0.4 is 0 Å². The van der Waals surface area contributed by atoms with E-state index in [0.29, 0.717) is 0 Å². The molecule has 2 aliphatic rings. The van der Waals surface area contributed by atoms with Crippen LogP contribution in [0.4, 0.5) is 0 Å². The zero-order valence-corrected chi connectivity index (χ0v) is 33.6. The van der Waals surface area contributed by atoms with E-state index in [4.69, 9.17) is 39.6 Å². The van der Waals surface area contributed by atoms with Crippen LogP contribution in [0.2, 0.25) is 0 Å². The lowest BCUT2D eigenvalue weighted by atomic mass is 9.71. The molecular weight excluding hydrogens is 769 g/mol. The number of rotatable bonds is 6. The lowest BCUT2D eigenvalue weighted by molar-refractivity contribution is -0.159. The first kappa shape index (κ1) is 47.5. The minimum Gasteiger partial charge on any atom is -0.473 e. The fraction of sp³-hybridized carbons (Fsp3) is 0.286. The Balaban J connectivity index is 0.000000303. The summed E-state index contributed by atoms with van der Waals surface area (Å²) in [6.07, 6.45) is 1.62. The summed E-state index contributed by atoms with van der Waals surface area (Å²) in [5.41, 5.74) is 6.13. The van der Waals surface area contributed by atoms with Gasteiger partial charge in [0.1, 0.15) is 10.8 Å². The average Bonchev–Trinajstić information content (AvgIpc) is 3.42. The monoisotopic (exact) mass is 814 g/mol. The fourth-order valence-electron chi connectivity index (χ4n) is 6.29. The number of fused-ring (bicyclic) bond motifs is 4. The molecule has 57 heavy (non-hydrogen) atoms. The quantitative estimate of drug-likeness (QED) is 0.174. The largest absolute Gasteiger partial charge is 0.473 e. The van der Waals surface area contributed by atoms with E-state index >= 15 is 0 Å². The number of hydrogen-bond acceptors (Lipinski definition) is 10. The highest BCUT2D eigenvalue weighted by molar-refractivity contribution is 7.98. The summed E-state index contributed by atoms with van der Waals surface area (Å²) in [6.45, 7) is 1.78. The summed E-state index contributed by atoms with van der Waals surface area (Å²) < 4.78 is 0. The van der Waals surface area contributed by atoms with Gasteiger partial charge in [0.05, 0.1) is 12.1 Å². The molecule has 6 N–H and O–H groups in total. The Morgan fingerprint density at radius 1 is 0.544 bits per heavy atom. The molecule has 2 aliphatic heterocycles. The van der Waals surface area contributed by atoms with Crippen molar-refractivity contribution in [3.8, 4) is 12.1 Å². The normalized spacial score (nSPS) is 16.9. The van der Waals surface area contributed by atoms with Crippen molar-refractivity contribution in [3.63, 3.8) is 0 Å². The molecular formula is C42H46N4O9S2. The third-order valence-corrected chi connectivity index (χ3v) is 11.3. The molecule has 300 valence electrons. The third-order valence-electron chi connectivity index (χ3n) is 9.03. The molecule has 13 nitrogen and oxygen atoms in total. The molecule has 15 heteroatoms. The van der Waals surface area contributed by atoms with E-state index in [-0.39, 0.29) is 5.48 Å². The van der Waals surface area contributed by atoms with Crippen LogP contribution >= 0.6 is 23.5 Å². The summed E-state index contributed by atoms with van der Waals surface area (Å²) >= 11 is 3.68. The van der Waals surface area contributed by atoms with Crippen LogP contribution in [0.5, 0.6) is 0 Å². The van der Waals surface area contributed by atoms with Gasteiger partial charge in [-0.1, -0.05) is 84.9 Å². The van der Waals surface area contributed by atoms with E-state index in [1.165, 1.54) is 32.0 Å². The van der Waals surface area contributed by atoms with Gasteiger partial charge in [-0.25, -0.2) is 19.2 Å². The molecule has 0 radical (unpaired) electrons. The zero-order valence-electron chi connectivity index (χ0n) is 32.0. The van der Waals surface area contributed by atoms with Crippen molar-refractivity contribution >= 4 is 47.4 Å². The van der Waals surface area contributed by atoms with Gasteiger partial charge >= 0.3 is 23.9 Å². The summed E-state index contributed by atoms with van der Waals surface area (Å²) in [6, 6.07) is 39.0. The molecule has 0 amide bonds. The van der Waals surface area contributed by atoms with Crippen LogP contribution in [0.25, 0.3) is 0 Å². The highest BCUT2D eigenvalue weighted by Crippen LogP contribution is 2.47. The molecule has 0 saturated heterocycles. The van der Waals surface area contributed by atoms with E-state index in [1.807, 2.05) is 23.5 Å². The topological polar surface area (TPSA) is 235 Å². The van der Waals surface area contributed by atoms with Gasteiger partial charge in [-0.05, 0) is 99.6 Å². The first-order valence-electron chi connectivity index (χ1n) is 17.3. The van der Waals surface area contributed by atoms with Crippen molar-refractivity contribution < 1.29 is 45.1 Å². The highest BCUT2D eigenvalue weighted by atomic mass is 32.2. The number of aliphatic carboxylic acids is 4. The van der Waals surface area contributed by atoms with Crippen LogP contribution in [0.15, 0.2) is 107 Å². The van der Waals surface area contributed by atoms with Gasteiger partial charge < -0.3 is 35.7 Å². The summed E-state index contributed by atoms with van der Waals surface area (Å²) in [7, 11) is 8.26. The molecule has 0 aromatic heterocycles. The van der Waals surface area contributed by atoms with Crippen molar-refractivity contribution in [3.05, 3.63) is 130 Å². The predicted molar refractivity (Wildman–Crippen MR) is 218 cm³/mol. The van der Waals surface area contributed by atoms with Gasteiger partial charge in [0.2, 0.25) is 0 Å². The van der Waals surface area contributed by atoms with E-state index < -0.39 is 34.7 Å². The Morgan fingerprint density at radius 3 is 1.11 bits per heavy atom. The van der Waals surface area contributed by atoms with Gasteiger partial charge in [-0.15, -0.1) is 23.5 Å². The van der Waals surface area contributed by atoms with Crippen LogP contribution in [0, 0.1) is 22.7 Å². The maximum Gasteiger partial charge on any atom is 0.414 e. The number of carboxylic acid groups (broad SMARTS) is 4. The molecule has 2 atom stereocenters. The number of thioether (sulfide) groups is 2. The Hall–Kier alpha value is -5.68. The smallest absolute Gasteiger partial charge is 0.414 e. The van der Waals surface area contributed by atoms with Crippen LogP contribution in [0.3, 0.4) is 0 Å². The molecule has 0 saturated carbocycles. The van der Waals surface area contributed by atoms with Gasteiger partial charge in [0, 0.05) is 21.3 Å². The molecule has 6 rings (SSSR count). The van der Waals surface area contributed by atoms with Gasteiger partial charge in [0.25, 0.3) is 0 Å². The van der Waals surface area contributed by atoms with Crippen molar-refractivity contribution in [2.24, 2.45) is 0 Å². The van der Waals surface area contributed by atoms with Crippen molar-refractivity contribution in [2.45, 2.75) is 45.0 Å². The van der Waals surface area contributed by atoms with Crippen molar-refractivity contribution in [1.82, 2.24) is 9.80 Å². The maximum absolute atomic E-state index is 10.2. The van der Waals surface area contributed by atoms with Crippen LogP contribution in [0.1, 0.15) is 46.2 Å². The summed E-state index contributed by atoms with van der Waals surface area (Å²) in [5.74, 6) is -5.44. The molecule has 0 fully saturated rings. The predicted octanol–water partition coefficient (Wildman–Crippen LogP) is 5.59. The fourth-order valence-corrected chi connectivity index (χ4v) is 8.56. The summed E-state index contributed by atoms with van der Waals surface area (Å²) in [5, 5.41) is 50.0. The molecule has 2 heterocycles. The highest BCUT2D eigenvalue weighted by Gasteiger charge is 2.40. The van der Waals surface area contributed by atoms with Crippen molar-refractivity contribution in [2.75, 3.05) is 41.3 Å². The van der Waals surface area contributed by atoms with E-state index in [0.717, 1.165) is 48.6 Å². The number of nitrogens with zero attached hydrogens (tertiary/aromatic N) is 4. The second-order valence-electron chi connectivity index (χ2n) is 13.2. The van der Waals surface area contributed by atoms with Gasteiger partial charge in [-0.2, -0.15) is 10.5 Å². The Bertz CT molecular complexity index is 1840. The first-order valence-corrected chi connectivity index (χ1v) is 19.3. The molecule has 4 aromatic carbocycles. The number of nitriles is 2. The number of carbonyl (C=O) groups is 4. The molecule has 4 aromatic rings. The SMILES string of the molecule is CN(C)CCC1(C#N)c2ccccc2CSc2ccccc21.CN(C)CCC1(C#N)c2ccccc2CSc2ccccc21.O.O=C(O)C(=O)O.O=C(O)C(=O)O. The number of carboxylic acids is 4. The van der Waals surface area contributed by atoms with Crippen molar-refractivity contribution in [1.29, 1.82) is 10.5 Å². The number of hydrogen-bond donors (Lipinski definition) is 4. The Labute approximate surface area is 340 Å². The minimum atomic E-state index is -1.82. The number of benzene rings is 4. The third kappa shape index (κ3) is 12.2. The average molecular weight is 815 g/mol. The lowest BCUT2D eigenvalue weighted by Gasteiger charge is -2.30. The molecule has 2 unspecified atom stereocenters. The second kappa shape index (κ2) is 22.2. The molecule has 0 aliphatic carbocycles. The minimum absolute atomic E-state index is 0. The standard InChI is InChI=1S/2C19H20N2S.2C2H2O4.H2O/c2*1-21(2)12-11-19(14-20)16-8-4-3-7-15(16)13-22-18-10-6-5-9-17(18)19;2*3-1(4)2(5)6;/h2*3-10H,11-13H2,1-2H3;2*(H,3,4)(H,5,6);1H2. The van der Waals surface area contributed by atoms with E-state index in [2.05, 4.69) is 147 Å². The maximum atomic E-state index is 10.2. The second-order valence-corrected chi connectivity index (χ2v) is 15.3. The van der Waals surface area contributed by atoms with E-state index in [9.17, 15) is 10.5 Å². The Morgan fingerprint density at radius 2 is 0.825 bits per heavy atom. The van der Waals surface area contributed by atoms with Crippen LogP contribution in [-0.4, -0.2) is 101 Å². The summed E-state index contributed by atoms with van der Waals surface area (Å²) in [4.78, 5) is 43.2. The van der Waals surface area contributed by atoms with Gasteiger partial charge in [0.15, 0.2) is 0 Å². The van der Waals surface area contributed by atoms with Crippen LogP contribution in [-0.2, 0) is 41.5 Å². The zero-order chi connectivity index (χ0) is 41.5. The Kier molecular flexibility index (Phi) is 18.5. The molecule has 0 spiro atoms.